The van der Waals surface area contributed by atoms with Crippen LogP contribution in [-0.4, -0.2) is 28.4 Å². The van der Waals surface area contributed by atoms with E-state index in [2.05, 4.69) is 22.0 Å². The molecule has 4 nitrogen and oxygen atoms in total. The number of fused-ring (bicyclic) bond motifs is 3. The Morgan fingerprint density at radius 1 is 0.615 bits per heavy atom. The summed E-state index contributed by atoms with van der Waals surface area (Å²) in [5, 5.41) is 5.10. The standard InChI is InChI=1S/C19H19BrO4.C2H6/c1-21-16-6-11-5-12(10-20)14-8-18(23-3)19(24-4)9-15(14)13(11)7-17(16)22-2;1-2/h5-9H,10H2,1-4H3;1-2H3. The van der Waals surface area contributed by atoms with Crippen molar-refractivity contribution in [2.24, 2.45) is 0 Å². The topological polar surface area (TPSA) is 36.9 Å². The van der Waals surface area contributed by atoms with Crippen LogP contribution in [0, 0.1) is 0 Å². The molecule has 0 radical (unpaired) electrons. The number of hydrogen-bond donors (Lipinski definition) is 0. The number of benzene rings is 3. The zero-order chi connectivity index (χ0) is 19.3. The van der Waals surface area contributed by atoms with Crippen LogP contribution in [0.5, 0.6) is 23.0 Å². The van der Waals surface area contributed by atoms with Crippen molar-refractivity contribution >= 4 is 37.5 Å². The minimum absolute atomic E-state index is 0.702. The molecule has 0 aliphatic heterocycles. The Morgan fingerprint density at radius 2 is 1.04 bits per heavy atom. The maximum Gasteiger partial charge on any atom is 0.161 e. The van der Waals surface area contributed by atoms with E-state index in [0.717, 1.165) is 26.9 Å². The summed E-state index contributed by atoms with van der Waals surface area (Å²) in [5.74, 6) is 2.83. The van der Waals surface area contributed by atoms with Gasteiger partial charge in [0.05, 0.1) is 28.4 Å². The zero-order valence-electron chi connectivity index (χ0n) is 16.1. The highest BCUT2D eigenvalue weighted by molar-refractivity contribution is 9.08. The van der Waals surface area contributed by atoms with Crippen molar-refractivity contribution in [1.29, 1.82) is 0 Å². The average molecular weight is 421 g/mol. The van der Waals surface area contributed by atoms with E-state index in [0.29, 0.717) is 23.0 Å². The molecule has 3 aromatic carbocycles. The van der Waals surface area contributed by atoms with Crippen LogP contribution in [0.1, 0.15) is 19.4 Å². The van der Waals surface area contributed by atoms with Crippen molar-refractivity contribution in [3.63, 3.8) is 0 Å². The van der Waals surface area contributed by atoms with Gasteiger partial charge in [0, 0.05) is 5.33 Å². The first-order chi connectivity index (χ1) is 12.7. The van der Waals surface area contributed by atoms with E-state index in [9.17, 15) is 0 Å². The van der Waals surface area contributed by atoms with Gasteiger partial charge in [0.15, 0.2) is 23.0 Å². The van der Waals surface area contributed by atoms with Gasteiger partial charge in [0.2, 0.25) is 0 Å². The Balaban J connectivity index is 0.00000117. The van der Waals surface area contributed by atoms with Gasteiger partial charge >= 0.3 is 0 Å². The van der Waals surface area contributed by atoms with Gasteiger partial charge in [0.25, 0.3) is 0 Å². The minimum Gasteiger partial charge on any atom is -0.493 e. The van der Waals surface area contributed by atoms with Crippen molar-refractivity contribution in [2.75, 3.05) is 28.4 Å². The Bertz CT molecular complexity index is 906. The zero-order valence-corrected chi connectivity index (χ0v) is 17.7. The monoisotopic (exact) mass is 420 g/mol. The summed E-state index contributed by atoms with van der Waals surface area (Å²) < 4.78 is 21.8. The van der Waals surface area contributed by atoms with Crippen molar-refractivity contribution < 1.29 is 18.9 Å². The van der Waals surface area contributed by atoms with E-state index >= 15 is 0 Å². The Morgan fingerprint density at radius 3 is 1.50 bits per heavy atom. The van der Waals surface area contributed by atoms with Crippen molar-refractivity contribution in [2.45, 2.75) is 19.2 Å². The fourth-order valence-electron chi connectivity index (χ4n) is 2.99. The number of hydrogen-bond acceptors (Lipinski definition) is 4. The molecule has 0 saturated heterocycles. The quantitative estimate of drug-likeness (QED) is 0.377. The van der Waals surface area contributed by atoms with Gasteiger partial charge < -0.3 is 18.9 Å². The first kappa shape index (κ1) is 20.2. The maximum absolute atomic E-state index is 5.48. The fraction of sp³-hybridized carbons (Fsp3) is 0.333. The summed E-state index contributed by atoms with van der Waals surface area (Å²) in [5.41, 5.74) is 1.17. The van der Waals surface area contributed by atoms with Gasteiger partial charge in [-0.15, -0.1) is 0 Å². The minimum atomic E-state index is 0.702. The first-order valence-electron chi connectivity index (χ1n) is 8.46. The molecule has 0 saturated carbocycles. The summed E-state index contributed by atoms with van der Waals surface area (Å²) in [7, 11) is 6.57. The Kier molecular flexibility index (Phi) is 6.98. The summed E-state index contributed by atoms with van der Waals surface area (Å²) >= 11 is 3.58. The molecule has 0 bridgehead atoms. The van der Waals surface area contributed by atoms with Crippen LogP contribution < -0.4 is 18.9 Å². The average Bonchev–Trinajstić information content (AvgIpc) is 2.72. The number of ether oxygens (including phenoxy) is 4. The summed E-state index contributed by atoms with van der Waals surface area (Å²) in [6, 6.07) is 10.2. The molecule has 3 aromatic rings. The number of halogens is 1. The van der Waals surface area contributed by atoms with Gasteiger partial charge in [-0.25, -0.2) is 0 Å². The third-order valence-electron chi connectivity index (χ3n) is 4.19. The van der Waals surface area contributed by atoms with Crippen LogP contribution in [0.4, 0.5) is 0 Å². The molecule has 0 aromatic heterocycles. The second kappa shape index (κ2) is 8.99. The molecule has 0 N–H and O–H groups in total. The summed E-state index contributed by atoms with van der Waals surface area (Å²) in [6.07, 6.45) is 0. The van der Waals surface area contributed by atoms with Gasteiger partial charge in [-0.2, -0.15) is 0 Å². The Labute approximate surface area is 163 Å². The van der Waals surface area contributed by atoms with Gasteiger partial charge in [-0.1, -0.05) is 29.8 Å². The second-order valence-corrected chi connectivity index (χ2v) is 5.91. The largest absolute Gasteiger partial charge is 0.493 e. The molecule has 5 heteroatoms. The highest BCUT2D eigenvalue weighted by Crippen LogP contribution is 2.41. The molecule has 0 fully saturated rings. The highest BCUT2D eigenvalue weighted by atomic mass is 79.9. The van der Waals surface area contributed by atoms with Gasteiger partial charge in [-0.3, -0.25) is 0 Å². The van der Waals surface area contributed by atoms with Crippen LogP contribution in [0.2, 0.25) is 0 Å². The molecule has 0 spiro atoms. The van der Waals surface area contributed by atoms with Crippen molar-refractivity contribution in [1.82, 2.24) is 0 Å². The van der Waals surface area contributed by atoms with Gasteiger partial charge in [-0.05, 0) is 57.4 Å². The van der Waals surface area contributed by atoms with Crippen LogP contribution in [-0.2, 0) is 5.33 Å². The molecule has 3 rings (SSSR count). The van der Waals surface area contributed by atoms with E-state index in [4.69, 9.17) is 18.9 Å². The predicted molar refractivity (Wildman–Crippen MR) is 112 cm³/mol. The maximum atomic E-state index is 5.48. The smallest absolute Gasteiger partial charge is 0.161 e. The third kappa shape index (κ3) is 3.54. The fourth-order valence-corrected chi connectivity index (χ4v) is 3.45. The van der Waals surface area contributed by atoms with Crippen LogP contribution in [0.25, 0.3) is 21.5 Å². The second-order valence-electron chi connectivity index (χ2n) is 5.35. The van der Waals surface area contributed by atoms with Crippen molar-refractivity contribution in [3.8, 4) is 23.0 Å². The van der Waals surface area contributed by atoms with E-state index in [-0.39, 0.29) is 0 Å². The van der Waals surface area contributed by atoms with E-state index in [1.807, 2.05) is 38.1 Å². The molecule has 26 heavy (non-hydrogen) atoms. The van der Waals surface area contributed by atoms with E-state index in [1.165, 1.54) is 5.56 Å². The molecule has 0 atom stereocenters. The Hall–Kier alpha value is -2.14. The number of alkyl halides is 1. The van der Waals surface area contributed by atoms with Crippen LogP contribution >= 0.6 is 15.9 Å². The lowest BCUT2D eigenvalue weighted by molar-refractivity contribution is 0.355. The molecule has 0 unspecified atom stereocenters. The highest BCUT2D eigenvalue weighted by Gasteiger charge is 2.14. The number of methoxy groups -OCH3 is 4. The first-order valence-corrected chi connectivity index (χ1v) is 9.58. The van der Waals surface area contributed by atoms with Crippen LogP contribution in [0.15, 0.2) is 30.3 Å². The molecule has 0 aliphatic carbocycles. The summed E-state index contributed by atoms with van der Waals surface area (Å²) in [4.78, 5) is 0. The molecule has 140 valence electrons. The SMILES string of the molecule is CC.COc1cc2cc(CBr)c3cc(OC)c(OC)cc3c2cc1OC. The lowest BCUT2D eigenvalue weighted by Crippen LogP contribution is -1.94. The third-order valence-corrected chi connectivity index (χ3v) is 4.79. The molecule has 0 aliphatic rings. The van der Waals surface area contributed by atoms with E-state index in [1.54, 1.807) is 28.4 Å². The molecule has 0 amide bonds. The lowest BCUT2D eigenvalue weighted by atomic mass is 9.97. The normalized spacial score (nSPS) is 10.3. The predicted octanol–water partition coefficient (Wildman–Crippen LogP) is 5.95. The van der Waals surface area contributed by atoms with Gasteiger partial charge in [0.1, 0.15) is 0 Å². The molecular formula is C21H25BrO4. The van der Waals surface area contributed by atoms with Crippen molar-refractivity contribution in [3.05, 3.63) is 35.9 Å². The van der Waals surface area contributed by atoms with Crippen LogP contribution in [0.3, 0.4) is 0 Å². The summed E-state index contributed by atoms with van der Waals surface area (Å²) in [6.45, 7) is 4.00. The molecule has 0 heterocycles. The number of rotatable bonds is 5. The molecular weight excluding hydrogens is 396 g/mol. The lowest BCUT2D eigenvalue weighted by Gasteiger charge is -2.15. The van der Waals surface area contributed by atoms with E-state index < -0.39 is 0 Å².